The number of piperidine rings is 1. The number of hydrogen-bond acceptors (Lipinski definition) is 15. The number of rotatable bonds is 24. The first kappa shape index (κ1) is 47.8. The first-order valence-electron chi connectivity index (χ1n) is 22.2. The molecule has 18 heteroatoms. The van der Waals surface area contributed by atoms with Crippen LogP contribution in [0.1, 0.15) is 79.5 Å². The van der Waals surface area contributed by atoms with Gasteiger partial charge in [-0.2, -0.15) is 0 Å². The highest BCUT2D eigenvalue weighted by Gasteiger charge is 2.46. The molecule has 0 radical (unpaired) electrons. The van der Waals surface area contributed by atoms with E-state index in [1.807, 2.05) is 0 Å². The lowest BCUT2D eigenvalue weighted by atomic mass is 9.65. The summed E-state index contributed by atoms with van der Waals surface area (Å²) >= 11 is 0. The summed E-state index contributed by atoms with van der Waals surface area (Å²) in [7, 11) is 0. The molecule has 18 nitrogen and oxygen atoms in total. The molecule has 0 spiro atoms. The fourth-order valence-corrected chi connectivity index (χ4v) is 8.94. The Morgan fingerprint density at radius 3 is 2.19 bits per heavy atom. The maximum absolute atomic E-state index is 13.2. The number of nitrogens with zero attached hydrogens (tertiary/aromatic N) is 1. The van der Waals surface area contributed by atoms with E-state index in [4.69, 9.17) is 33.2 Å². The van der Waals surface area contributed by atoms with Crippen molar-refractivity contribution in [2.45, 2.75) is 83.1 Å². The summed E-state index contributed by atoms with van der Waals surface area (Å²) in [5.74, 6) is -1.79. The van der Waals surface area contributed by atoms with Gasteiger partial charge in [0.1, 0.15) is 18.2 Å². The Morgan fingerprint density at radius 1 is 0.857 bits per heavy atom. The fourth-order valence-electron chi connectivity index (χ4n) is 8.94. The van der Waals surface area contributed by atoms with Gasteiger partial charge in [0.25, 0.3) is 11.8 Å². The second-order valence-corrected chi connectivity index (χ2v) is 16.6. The molecule has 1 aromatic rings. The van der Waals surface area contributed by atoms with Gasteiger partial charge in [-0.15, -0.1) is 0 Å². The van der Waals surface area contributed by atoms with E-state index in [1.54, 1.807) is 18.2 Å². The third-order valence-electron chi connectivity index (χ3n) is 11.9. The van der Waals surface area contributed by atoms with Crippen molar-refractivity contribution >= 4 is 41.4 Å². The van der Waals surface area contributed by atoms with Gasteiger partial charge in [-0.1, -0.05) is 38.1 Å². The number of carbonyl (C=O) groups is 6. The molecule has 2 fully saturated rings. The minimum absolute atomic E-state index is 0.0432. The van der Waals surface area contributed by atoms with Crippen molar-refractivity contribution in [1.29, 1.82) is 0 Å². The summed E-state index contributed by atoms with van der Waals surface area (Å²) in [5.41, 5.74) is 2.05. The number of ether oxygens (including phenoxy) is 7. The molecule has 3 aliphatic heterocycles. The van der Waals surface area contributed by atoms with E-state index in [-0.39, 0.29) is 72.2 Å². The number of esters is 1. The quantitative estimate of drug-likeness (QED) is 0.0665. The molecule has 2 aliphatic carbocycles. The summed E-state index contributed by atoms with van der Waals surface area (Å²) in [6.07, 6.45) is 7.72. The molecule has 1 aromatic carbocycles. The van der Waals surface area contributed by atoms with Crippen LogP contribution in [0.4, 0.5) is 10.5 Å². The van der Waals surface area contributed by atoms with Gasteiger partial charge in [0.15, 0.2) is 0 Å². The molecule has 5 aliphatic rings. The molecule has 0 bridgehead atoms. The number of aliphatic hydroxyl groups excluding tert-OH is 1. The van der Waals surface area contributed by atoms with Crippen LogP contribution in [0.3, 0.4) is 0 Å². The normalized spacial score (nSPS) is 26.7. The van der Waals surface area contributed by atoms with Crippen LogP contribution in [0.15, 0.2) is 42.0 Å². The highest BCUT2D eigenvalue weighted by atomic mass is 16.6. The van der Waals surface area contributed by atoms with Gasteiger partial charge in [-0.05, 0) is 61.1 Å². The average Bonchev–Trinajstić information content (AvgIpc) is 3.49. The Hall–Kier alpha value is -4.72. The van der Waals surface area contributed by atoms with Gasteiger partial charge in [-0.25, -0.2) is 4.79 Å². The van der Waals surface area contributed by atoms with Crippen LogP contribution < -0.4 is 16.0 Å². The highest BCUT2D eigenvalue weighted by molar-refractivity contribution is 6.25. The average molecular weight is 883 g/mol. The number of allylic oxidation sites excluding steroid dienone is 3. The molecule has 1 unspecified atom stereocenters. The Balaban J connectivity index is 0.742. The third-order valence-corrected chi connectivity index (χ3v) is 11.9. The summed E-state index contributed by atoms with van der Waals surface area (Å²) in [6.45, 7) is 8.60. The van der Waals surface area contributed by atoms with Crippen LogP contribution in [0, 0.1) is 23.7 Å². The van der Waals surface area contributed by atoms with E-state index >= 15 is 0 Å². The topological polar surface area (TPSA) is 227 Å². The third kappa shape index (κ3) is 13.4. The minimum atomic E-state index is -1.02. The van der Waals surface area contributed by atoms with Crippen molar-refractivity contribution < 1.29 is 67.0 Å². The molecule has 8 atom stereocenters. The van der Waals surface area contributed by atoms with Crippen LogP contribution in [-0.4, -0.2) is 149 Å². The zero-order chi connectivity index (χ0) is 44.7. The van der Waals surface area contributed by atoms with Crippen molar-refractivity contribution in [2.24, 2.45) is 23.7 Å². The maximum Gasteiger partial charge on any atom is 0.407 e. The van der Waals surface area contributed by atoms with Gasteiger partial charge in [0.2, 0.25) is 11.8 Å². The number of carbonyl (C=O) groups excluding carboxylic acids is 6. The first-order valence-corrected chi connectivity index (χ1v) is 22.2. The number of benzene rings is 1. The van der Waals surface area contributed by atoms with Gasteiger partial charge in [-0.3, -0.25) is 34.2 Å². The lowest BCUT2D eigenvalue weighted by molar-refractivity contribution is -0.160. The minimum Gasteiger partial charge on any atom is -0.462 e. The SMILES string of the molecule is C[C@H]1C=C2C=C[C@H](C)[C@H](CC[C@@H]3C[C@@H](O)CC(=O)O3)[C@H]2[C@@H](OC(=O)NCCOCCOCCOCCOCCOCCNc2cccc3c2C(=O)N(C2CCC(=O)NC2=O)C3=O)C1. The zero-order valence-corrected chi connectivity index (χ0v) is 36.2. The summed E-state index contributed by atoms with van der Waals surface area (Å²) < 4.78 is 39.4. The van der Waals surface area contributed by atoms with E-state index in [1.165, 1.54) is 5.57 Å². The predicted molar refractivity (Wildman–Crippen MR) is 225 cm³/mol. The molecule has 63 heavy (non-hydrogen) atoms. The van der Waals surface area contributed by atoms with Crippen molar-refractivity contribution in [2.75, 3.05) is 84.5 Å². The van der Waals surface area contributed by atoms with Crippen molar-refractivity contribution in [3.05, 3.63) is 53.1 Å². The van der Waals surface area contributed by atoms with E-state index in [0.29, 0.717) is 97.7 Å². The molecule has 5 amide bonds. The number of hydrogen-bond donors (Lipinski definition) is 4. The molecule has 2 saturated heterocycles. The summed E-state index contributed by atoms with van der Waals surface area (Å²) in [6, 6.07) is 3.87. The Labute approximate surface area is 367 Å². The van der Waals surface area contributed by atoms with Gasteiger partial charge < -0.3 is 48.9 Å². The fraction of sp³-hybridized carbons (Fsp3) is 0.644. The monoisotopic (exact) mass is 882 g/mol. The molecule has 4 N–H and O–H groups in total. The van der Waals surface area contributed by atoms with E-state index in [2.05, 4.69) is 48.0 Å². The van der Waals surface area contributed by atoms with Crippen LogP contribution in [0.2, 0.25) is 0 Å². The van der Waals surface area contributed by atoms with Gasteiger partial charge >= 0.3 is 12.1 Å². The van der Waals surface area contributed by atoms with Crippen LogP contribution in [0.5, 0.6) is 0 Å². The number of imide groups is 2. The van der Waals surface area contributed by atoms with E-state index < -0.39 is 41.9 Å². The number of amides is 5. The standard InChI is InChI=1S/C45H62N4O14/c1-28-24-30-7-6-29(2)33(9-8-32-26-31(50)27-39(52)62-32)40(30)37(25-28)63-45(56)47-13-15-58-17-19-60-21-23-61-22-20-59-18-16-57-14-12-46-35-5-3-4-34-41(35)44(55)49(43(34)54)36-10-11-38(51)48-42(36)53/h3-7,24,28-29,31-33,36-37,40,46,50H,8-23,25-27H2,1-2H3,(H,47,56)(H,48,51,53)/t28-,29-,31+,32+,33-,36?,37-,40-/m0/s1. The summed E-state index contributed by atoms with van der Waals surface area (Å²) in [4.78, 5) is 75.8. The molecule has 6 rings (SSSR count). The Bertz CT molecular complexity index is 1840. The lowest BCUT2D eigenvalue weighted by Crippen LogP contribution is -2.54. The Kier molecular flexibility index (Phi) is 18.1. The lowest BCUT2D eigenvalue weighted by Gasteiger charge is -2.43. The van der Waals surface area contributed by atoms with Gasteiger partial charge in [0, 0.05) is 37.5 Å². The van der Waals surface area contributed by atoms with Crippen LogP contribution in [0.25, 0.3) is 0 Å². The molecule has 3 heterocycles. The van der Waals surface area contributed by atoms with Crippen LogP contribution >= 0.6 is 0 Å². The van der Waals surface area contributed by atoms with Gasteiger partial charge in [0.05, 0.1) is 89.7 Å². The number of fused-ring (bicyclic) bond motifs is 2. The van der Waals surface area contributed by atoms with E-state index in [9.17, 15) is 33.9 Å². The Morgan fingerprint density at radius 2 is 1.52 bits per heavy atom. The molecular weight excluding hydrogens is 821 g/mol. The van der Waals surface area contributed by atoms with Crippen molar-refractivity contribution in [1.82, 2.24) is 15.5 Å². The van der Waals surface area contributed by atoms with Crippen molar-refractivity contribution in [3.8, 4) is 0 Å². The number of aliphatic hydroxyl groups is 1. The number of alkyl carbamates (subject to hydrolysis) is 1. The smallest absolute Gasteiger partial charge is 0.407 e. The number of cyclic esters (lactones) is 1. The molecule has 346 valence electrons. The number of nitrogens with one attached hydrogen (secondary N) is 3. The largest absolute Gasteiger partial charge is 0.462 e. The number of anilines is 1. The molecule has 0 aromatic heterocycles. The van der Waals surface area contributed by atoms with Crippen molar-refractivity contribution in [3.63, 3.8) is 0 Å². The predicted octanol–water partition coefficient (Wildman–Crippen LogP) is 2.93. The second-order valence-electron chi connectivity index (χ2n) is 16.6. The second kappa shape index (κ2) is 23.8. The summed E-state index contributed by atoms with van der Waals surface area (Å²) in [5, 5.41) is 18.2. The van der Waals surface area contributed by atoms with E-state index in [0.717, 1.165) is 17.7 Å². The highest BCUT2D eigenvalue weighted by Crippen LogP contribution is 2.45. The van der Waals surface area contributed by atoms with Crippen LogP contribution in [-0.2, 0) is 47.5 Å². The molecule has 0 saturated carbocycles. The molecular formula is C45H62N4O14. The zero-order valence-electron chi connectivity index (χ0n) is 36.2. The maximum atomic E-state index is 13.2. The first-order chi connectivity index (χ1) is 30.5.